The summed E-state index contributed by atoms with van der Waals surface area (Å²) in [5.74, 6) is -0.0613. The molecule has 5 nitrogen and oxygen atoms in total. The van der Waals surface area contributed by atoms with Crippen molar-refractivity contribution in [1.82, 2.24) is 20.4 Å². The lowest BCUT2D eigenvalue weighted by molar-refractivity contribution is 0.0932. The molecule has 0 bridgehead atoms. The van der Waals surface area contributed by atoms with Crippen LogP contribution in [0.3, 0.4) is 0 Å². The van der Waals surface area contributed by atoms with E-state index in [2.05, 4.69) is 32.5 Å². The van der Waals surface area contributed by atoms with Crippen molar-refractivity contribution >= 4 is 5.91 Å². The minimum absolute atomic E-state index is 0.0154. The molecule has 3 rings (SSSR count). The number of H-pyrrole nitrogens is 1. The van der Waals surface area contributed by atoms with Crippen molar-refractivity contribution in [3.63, 3.8) is 0 Å². The van der Waals surface area contributed by atoms with Gasteiger partial charge in [-0.1, -0.05) is 42.5 Å². The molecule has 0 aliphatic carbocycles. The van der Waals surface area contributed by atoms with Crippen LogP contribution in [0.25, 0.3) is 11.3 Å². The molecule has 0 aliphatic heterocycles. The van der Waals surface area contributed by atoms with E-state index in [4.69, 9.17) is 0 Å². The predicted octanol–water partition coefficient (Wildman–Crippen LogP) is 3.50. The number of carbonyl (C=O) groups is 1. The molecule has 1 aromatic heterocycles. The summed E-state index contributed by atoms with van der Waals surface area (Å²) < 4.78 is 0. The number of benzene rings is 2. The number of nitrogens with one attached hydrogen (secondary N) is 2. The van der Waals surface area contributed by atoms with Crippen molar-refractivity contribution in [2.24, 2.45) is 0 Å². The van der Waals surface area contributed by atoms with Gasteiger partial charge in [0.2, 0.25) is 0 Å². The third-order valence-electron chi connectivity index (χ3n) is 4.33. The number of rotatable bonds is 7. The second kappa shape index (κ2) is 8.45. The van der Waals surface area contributed by atoms with Gasteiger partial charge >= 0.3 is 0 Å². The highest BCUT2D eigenvalue weighted by Gasteiger charge is 2.16. The van der Waals surface area contributed by atoms with E-state index in [0.717, 1.165) is 29.8 Å². The summed E-state index contributed by atoms with van der Waals surface area (Å²) in [4.78, 5) is 14.9. The fourth-order valence-corrected chi connectivity index (χ4v) is 2.85. The third kappa shape index (κ3) is 4.58. The highest BCUT2D eigenvalue weighted by atomic mass is 16.1. The third-order valence-corrected chi connectivity index (χ3v) is 4.33. The van der Waals surface area contributed by atoms with E-state index >= 15 is 0 Å². The fraction of sp³-hybridized carbons (Fsp3) is 0.238. The van der Waals surface area contributed by atoms with Gasteiger partial charge in [-0.3, -0.25) is 9.89 Å². The topological polar surface area (TPSA) is 61.0 Å². The molecule has 2 aromatic carbocycles. The Morgan fingerprint density at radius 3 is 2.42 bits per heavy atom. The van der Waals surface area contributed by atoms with Crippen LogP contribution in [0.15, 0.2) is 66.9 Å². The van der Waals surface area contributed by atoms with Gasteiger partial charge in [-0.15, -0.1) is 0 Å². The summed E-state index contributed by atoms with van der Waals surface area (Å²) >= 11 is 0. The molecule has 0 radical (unpaired) electrons. The van der Waals surface area contributed by atoms with Crippen LogP contribution >= 0.6 is 0 Å². The molecule has 3 aromatic rings. The Kier molecular flexibility index (Phi) is 5.81. The highest BCUT2D eigenvalue weighted by Crippen LogP contribution is 2.19. The number of aromatic nitrogens is 2. The van der Waals surface area contributed by atoms with E-state index in [1.54, 1.807) is 6.20 Å². The maximum absolute atomic E-state index is 12.7. The van der Waals surface area contributed by atoms with E-state index in [1.807, 2.05) is 62.6 Å². The van der Waals surface area contributed by atoms with Crippen molar-refractivity contribution in [2.75, 3.05) is 20.6 Å². The second-order valence-electron chi connectivity index (χ2n) is 6.58. The van der Waals surface area contributed by atoms with Crippen molar-refractivity contribution < 1.29 is 4.79 Å². The molecule has 0 spiro atoms. The molecule has 0 aliphatic rings. The van der Waals surface area contributed by atoms with Gasteiger partial charge in [-0.2, -0.15) is 5.10 Å². The van der Waals surface area contributed by atoms with Gasteiger partial charge in [0.15, 0.2) is 0 Å². The predicted molar refractivity (Wildman–Crippen MR) is 104 cm³/mol. The largest absolute Gasteiger partial charge is 0.345 e. The van der Waals surface area contributed by atoms with E-state index in [-0.39, 0.29) is 11.9 Å². The molecule has 5 heteroatoms. The minimum atomic E-state index is -0.0613. The number of hydrogen-bond acceptors (Lipinski definition) is 3. The minimum Gasteiger partial charge on any atom is -0.345 e. The van der Waals surface area contributed by atoms with E-state index in [1.165, 1.54) is 0 Å². The second-order valence-corrected chi connectivity index (χ2v) is 6.58. The maximum Gasteiger partial charge on any atom is 0.251 e. The number of hydrogen-bond donors (Lipinski definition) is 2. The Hall–Kier alpha value is -2.92. The molecule has 0 fully saturated rings. The molecule has 2 N–H and O–H groups in total. The van der Waals surface area contributed by atoms with Gasteiger partial charge in [0.1, 0.15) is 0 Å². The Morgan fingerprint density at radius 2 is 1.81 bits per heavy atom. The average molecular weight is 348 g/mol. The summed E-state index contributed by atoms with van der Waals surface area (Å²) in [6.45, 7) is 0.901. The number of nitrogens with zero attached hydrogens (tertiary/aromatic N) is 2. The van der Waals surface area contributed by atoms with Gasteiger partial charge in [-0.05, 0) is 56.4 Å². The monoisotopic (exact) mass is 348 g/mol. The first kappa shape index (κ1) is 17.9. The normalized spacial score (nSPS) is 12.1. The average Bonchev–Trinajstić information content (AvgIpc) is 3.20. The van der Waals surface area contributed by atoms with Gasteiger partial charge in [0, 0.05) is 11.8 Å². The molecule has 1 amide bonds. The molecule has 0 saturated heterocycles. The van der Waals surface area contributed by atoms with Crippen LogP contribution in [-0.4, -0.2) is 41.6 Å². The summed E-state index contributed by atoms with van der Waals surface area (Å²) in [5, 5.41) is 10.1. The molecule has 26 heavy (non-hydrogen) atoms. The quantitative estimate of drug-likeness (QED) is 0.687. The lowest BCUT2D eigenvalue weighted by Crippen LogP contribution is -2.31. The summed E-state index contributed by atoms with van der Waals surface area (Å²) in [6.07, 6.45) is 2.57. The zero-order valence-electron chi connectivity index (χ0n) is 15.1. The first-order chi connectivity index (χ1) is 12.6. The first-order valence-electron chi connectivity index (χ1n) is 8.74. The van der Waals surface area contributed by atoms with Crippen molar-refractivity contribution in [3.8, 4) is 11.3 Å². The molecule has 1 heterocycles. The van der Waals surface area contributed by atoms with E-state index < -0.39 is 0 Å². The summed E-state index contributed by atoms with van der Waals surface area (Å²) in [5.41, 5.74) is 3.71. The van der Waals surface area contributed by atoms with Crippen molar-refractivity contribution in [2.45, 2.75) is 12.5 Å². The van der Waals surface area contributed by atoms with Crippen LogP contribution in [0.2, 0.25) is 0 Å². The highest BCUT2D eigenvalue weighted by molar-refractivity contribution is 5.94. The Morgan fingerprint density at radius 1 is 1.08 bits per heavy atom. The first-order valence-corrected chi connectivity index (χ1v) is 8.74. The van der Waals surface area contributed by atoms with Crippen LogP contribution in [0.4, 0.5) is 0 Å². The maximum atomic E-state index is 12.7. The molecule has 1 unspecified atom stereocenters. The molecular weight excluding hydrogens is 324 g/mol. The van der Waals surface area contributed by atoms with E-state index in [9.17, 15) is 4.79 Å². The van der Waals surface area contributed by atoms with Gasteiger partial charge in [0.05, 0.1) is 11.7 Å². The standard InChI is InChI=1S/C21H24N4O/c1-25(2)15-13-19(16-6-4-3-5-7-16)23-21(26)18-10-8-17(9-11-18)20-12-14-22-24-20/h3-12,14,19H,13,15H2,1-2H3,(H,22,24)(H,23,26). The van der Waals surface area contributed by atoms with Gasteiger partial charge in [0.25, 0.3) is 5.91 Å². The fourth-order valence-electron chi connectivity index (χ4n) is 2.85. The summed E-state index contributed by atoms with van der Waals surface area (Å²) in [6, 6.07) is 19.6. The lowest BCUT2D eigenvalue weighted by atomic mass is 10.0. The smallest absolute Gasteiger partial charge is 0.251 e. The molecule has 1 atom stereocenters. The Labute approximate surface area is 154 Å². The Bertz CT molecular complexity index is 811. The van der Waals surface area contributed by atoms with Gasteiger partial charge in [-0.25, -0.2) is 0 Å². The van der Waals surface area contributed by atoms with Gasteiger partial charge < -0.3 is 10.2 Å². The number of amides is 1. The van der Waals surface area contributed by atoms with Crippen molar-refractivity contribution in [3.05, 3.63) is 78.0 Å². The molecule has 0 saturated carbocycles. The van der Waals surface area contributed by atoms with Crippen LogP contribution in [0.1, 0.15) is 28.4 Å². The molecule has 134 valence electrons. The SMILES string of the molecule is CN(C)CCC(NC(=O)c1ccc(-c2ccn[nH]2)cc1)c1ccccc1. The summed E-state index contributed by atoms with van der Waals surface area (Å²) in [7, 11) is 4.08. The van der Waals surface area contributed by atoms with Crippen LogP contribution in [0, 0.1) is 0 Å². The number of aromatic amines is 1. The zero-order chi connectivity index (χ0) is 18.4. The Balaban J connectivity index is 1.72. The van der Waals surface area contributed by atoms with Crippen LogP contribution < -0.4 is 5.32 Å². The van der Waals surface area contributed by atoms with E-state index in [0.29, 0.717) is 5.56 Å². The van der Waals surface area contributed by atoms with Crippen molar-refractivity contribution in [1.29, 1.82) is 0 Å². The lowest BCUT2D eigenvalue weighted by Gasteiger charge is -2.21. The molecular formula is C21H24N4O. The number of carbonyl (C=O) groups excluding carboxylic acids is 1. The van der Waals surface area contributed by atoms with Crippen LogP contribution in [0.5, 0.6) is 0 Å². The van der Waals surface area contributed by atoms with Crippen LogP contribution in [-0.2, 0) is 0 Å². The zero-order valence-corrected chi connectivity index (χ0v) is 15.1.